The van der Waals surface area contributed by atoms with Crippen LogP contribution in [0.3, 0.4) is 0 Å². The van der Waals surface area contributed by atoms with Crippen LogP contribution < -0.4 is 16.0 Å². The summed E-state index contributed by atoms with van der Waals surface area (Å²) < 4.78 is 32.8. The lowest BCUT2D eigenvalue weighted by molar-refractivity contribution is -0.0548. The van der Waals surface area contributed by atoms with Gasteiger partial charge in [-0.25, -0.2) is 9.36 Å². The first-order chi connectivity index (χ1) is 15.6. The van der Waals surface area contributed by atoms with Crippen molar-refractivity contribution >= 4 is 18.8 Å². The largest absolute Gasteiger partial charge is 0.493 e. The van der Waals surface area contributed by atoms with E-state index in [0.717, 1.165) is 21.4 Å². The number of methoxy groups -OCH3 is 1. The van der Waals surface area contributed by atoms with Gasteiger partial charge in [0.1, 0.15) is 24.0 Å². The van der Waals surface area contributed by atoms with Crippen molar-refractivity contribution in [3.63, 3.8) is 0 Å². The minimum absolute atomic E-state index is 0.269. The first-order valence-electron chi connectivity index (χ1n) is 9.55. The molecule has 1 aliphatic rings. The molecule has 2 aromatic heterocycles. The lowest BCUT2D eigenvalue weighted by atomic mass is 10.1. The zero-order valence-corrected chi connectivity index (χ0v) is 17.9. The van der Waals surface area contributed by atoms with Crippen molar-refractivity contribution < 1.29 is 43.1 Å². The van der Waals surface area contributed by atoms with Crippen LogP contribution in [0.5, 0.6) is 5.75 Å². The number of fused-ring (bicyclic) bond motifs is 1. The Balaban J connectivity index is 1.65. The third-order valence-electron chi connectivity index (χ3n) is 5.18. The molecule has 0 bridgehead atoms. The quantitative estimate of drug-likeness (QED) is 0.297. The Hall–Kier alpha value is -2.84. The van der Waals surface area contributed by atoms with E-state index >= 15 is 0 Å². The summed E-state index contributed by atoms with van der Waals surface area (Å²) in [7, 11) is -3.40. The van der Waals surface area contributed by atoms with E-state index in [9.17, 15) is 24.4 Å². The van der Waals surface area contributed by atoms with E-state index in [-0.39, 0.29) is 12.2 Å². The molecule has 14 nitrogen and oxygen atoms in total. The van der Waals surface area contributed by atoms with E-state index in [1.807, 2.05) is 0 Å². The number of hydrogen-bond acceptors (Lipinski definition) is 10. The Labute approximate surface area is 184 Å². The number of aliphatic hydroxyl groups excluding tert-OH is 2. The normalized spacial score (nSPS) is 23.3. The van der Waals surface area contributed by atoms with Crippen LogP contribution in [-0.2, 0) is 20.4 Å². The molecule has 3 heterocycles. The minimum atomic E-state index is -4.85. The third kappa shape index (κ3) is 4.50. The van der Waals surface area contributed by atoms with Crippen LogP contribution in [0.2, 0.25) is 0 Å². The van der Waals surface area contributed by atoms with E-state index in [2.05, 4.69) is 9.68 Å². The molecule has 0 spiro atoms. The molecular formula is C18H20N3O11P. The topological polar surface area (TPSA) is 196 Å². The molecular weight excluding hydrogens is 465 g/mol. The second-order valence-corrected chi connectivity index (χ2v) is 8.47. The first kappa shape index (κ1) is 23.3. The fourth-order valence-corrected chi connectivity index (χ4v) is 3.89. The second-order valence-electron chi connectivity index (χ2n) is 7.23. The molecule has 33 heavy (non-hydrogen) atoms. The van der Waals surface area contributed by atoms with Crippen LogP contribution in [0.25, 0.3) is 11.0 Å². The monoisotopic (exact) mass is 485 g/mol. The molecule has 1 saturated heterocycles. The molecule has 0 saturated carbocycles. The van der Waals surface area contributed by atoms with Gasteiger partial charge in [0.05, 0.1) is 25.6 Å². The van der Waals surface area contributed by atoms with Crippen molar-refractivity contribution in [1.29, 1.82) is 0 Å². The number of aromatic nitrogens is 3. The standard InChI is InChI=1S/C18H20N3O11P/c1-29-11-4-2-3-9-10(19-32-16(9)11)7-21-13(22)5-6-20(18(21)25)17-15(24)14(23)12(31-17)8-30-33(26,27)28/h2-6,12,14-15,17,23-24H,7-8H2,1H3,(H2,26,27,28)/t12-,14+,15+,17-/m1/s1. The highest BCUT2D eigenvalue weighted by molar-refractivity contribution is 7.46. The summed E-state index contributed by atoms with van der Waals surface area (Å²) in [6.45, 7) is -1.01. The zero-order chi connectivity index (χ0) is 23.9. The van der Waals surface area contributed by atoms with Gasteiger partial charge in [0, 0.05) is 12.3 Å². The van der Waals surface area contributed by atoms with Crippen molar-refractivity contribution in [1.82, 2.24) is 14.3 Å². The van der Waals surface area contributed by atoms with E-state index in [4.69, 9.17) is 23.8 Å². The van der Waals surface area contributed by atoms with E-state index in [0.29, 0.717) is 16.7 Å². The fraction of sp³-hybridized carbons (Fsp3) is 0.389. The van der Waals surface area contributed by atoms with Crippen molar-refractivity contribution in [2.75, 3.05) is 13.7 Å². The number of ether oxygens (including phenoxy) is 2. The molecule has 1 aliphatic heterocycles. The van der Waals surface area contributed by atoms with Crippen LogP contribution in [0.1, 0.15) is 11.9 Å². The van der Waals surface area contributed by atoms with Gasteiger partial charge in [-0.05, 0) is 12.1 Å². The molecule has 0 unspecified atom stereocenters. The number of phosphoric acid groups is 1. The Morgan fingerprint density at radius 3 is 2.64 bits per heavy atom. The highest BCUT2D eigenvalue weighted by Crippen LogP contribution is 2.38. The molecule has 4 N–H and O–H groups in total. The highest BCUT2D eigenvalue weighted by Gasteiger charge is 2.45. The van der Waals surface area contributed by atoms with Crippen molar-refractivity contribution in [3.05, 3.63) is 57.0 Å². The molecule has 3 aromatic rings. The average Bonchev–Trinajstić information content (AvgIpc) is 3.30. The summed E-state index contributed by atoms with van der Waals surface area (Å²) >= 11 is 0. The summed E-state index contributed by atoms with van der Waals surface area (Å²) in [6.07, 6.45) is -4.95. The van der Waals surface area contributed by atoms with Gasteiger partial charge in [0.2, 0.25) is 5.58 Å². The minimum Gasteiger partial charge on any atom is -0.493 e. The molecule has 0 amide bonds. The van der Waals surface area contributed by atoms with E-state index in [1.165, 1.54) is 7.11 Å². The molecule has 178 valence electrons. The molecule has 0 radical (unpaired) electrons. The number of benzene rings is 1. The summed E-state index contributed by atoms with van der Waals surface area (Å²) in [5.74, 6) is 0.420. The van der Waals surface area contributed by atoms with Crippen molar-refractivity contribution in [2.45, 2.75) is 31.1 Å². The predicted molar refractivity (Wildman–Crippen MR) is 109 cm³/mol. The van der Waals surface area contributed by atoms with Crippen molar-refractivity contribution in [2.24, 2.45) is 0 Å². The highest BCUT2D eigenvalue weighted by atomic mass is 31.2. The lowest BCUT2D eigenvalue weighted by Crippen LogP contribution is -2.43. The Bertz CT molecular complexity index is 1330. The smallest absolute Gasteiger partial charge is 0.469 e. The average molecular weight is 485 g/mol. The SMILES string of the molecule is COc1cccc2c(Cn3c(=O)ccn([C@@H]4O[C@H](COP(=O)(O)O)[C@H](O)[C@@H]4O)c3=O)noc12. The van der Waals surface area contributed by atoms with E-state index < -0.39 is 50.2 Å². The van der Waals surface area contributed by atoms with Gasteiger partial charge in [-0.2, -0.15) is 0 Å². The summed E-state index contributed by atoms with van der Waals surface area (Å²) in [6, 6.07) is 6.10. The zero-order valence-electron chi connectivity index (χ0n) is 17.0. The van der Waals surface area contributed by atoms with Gasteiger partial charge in [-0.3, -0.25) is 18.5 Å². The Kier molecular flexibility index (Phi) is 6.24. The summed E-state index contributed by atoms with van der Waals surface area (Å²) in [4.78, 5) is 43.1. The number of phosphoric ester groups is 1. The third-order valence-corrected chi connectivity index (χ3v) is 5.66. The van der Waals surface area contributed by atoms with Gasteiger partial charge in [-0.1, -0.05) is 11.2 Å². The second kappa shape index (κ2) is 8.83. The molecule has 15 heteroatoms. The molecule has 4 atom stereocenters. The fourth-order valence-electron chi connectivity index (χ4n) is 3.55. The number of hydrogen-bond donors (Lipinski definition) is 4. The predicted octanol–water partition coefficient (Wildman–Crippen LogP) is -1.06. The van der Waals surface area contributed by atoms with E-state index in [1.54, 1.807) is 18.2 Å². The molecule has 1 aromatic carbocycles. The van der Waals surface area contributed by atoms with Gasteiger partial charge in [0.15, 0.2) is 12.0 Å². The molecule has 4 rings (SSSR count). The number of para-hydroxylation sites is 1. The lowest BCUT2D eigenvalue weighted by Gasteiger charge is -2.18. The Morgan fingerprint density at radius 2 is 1.94 bits per heavy atom. The summed E-state index contributed by atoms with van der Waals surface area (Å²) in [5, 5.41) is 24.9. The van der Waals surface area contributed by atoms with Gasteiger partial charge < -0.3 is 34.0 Å². The van der Waals surface area contributed by atoms with Gasteiger partial charge in [-0.15, -0.1) is 0 Å². The maximum absolute atomic E-state index is 13.1. The molecule has 1 fully saturated rings. The van der Waals surface area contributed by atoms with Crippen molar-refractivity contribution in [3.8, 4) is 5.75 Å². The first-order valence-corrected chi connectivity index (χ1v) is 11.1. The maximum atomic E-state index is 13.1. The molecule has 0 aliphatic carbocycles. The van der Waals surface area contributed by atoms with Gasteiger partial charge >= 0.3 is 13.5 Å². The van der Waals surface area contributed by atoms with Crippen LogP contribution in [0.4, 0.5) is 0 Å². The van der Waals surface area contributed by atoms with Gasteiger partial charge in [0.25, 0.3) is 5.56 Å². The maximum Gasteiger partial charge on any atom is 0.469 e. The number of aliphatic hydroxyl groups is 2. The van der Waals surface area contributed by atoms with Crippen LogP contribution in [0.15, 0.2) is 44.6 Å². The summed E-state index contributed by atoms with van der Waals surface area (Å²) in [5.41, 5.74) is -0.925. The Morgan fingerprint density at radius 1 is 1.18 bits per heavy atom. The van der Waals surface area contributed by atoms with Crippen LogP contribution in [0, 0.1) is 0 Å². The number of rotatable bonds is 7. The number of nitrogens with zero attached hydrogens (tertiary/aromatic N) is 3. The van der Waals surface area contributed by atoms with Crippen LogP contribution in [-0.4, -0.2) is 66.3 Å². The van der Waals surface area contributed by atoms with Crippen LogP contribution >= 0.6 is 7.82 Å².